The lowest BCUT2D eigenvalue weighted by molar-refractivity contribution is 0.271. The summed E-state index contributed by atoms with van der Waals surface area (Å²) in [7, 11) is -3.69. The van der Waals surface area contributed by atoms with E-state index in [1.54, 1.807) is 25.1 Å². The largest absolute Gasteiger partial charge is 0.313 e. The number of nitrogens with one attached hydrogen (secondary N) is 1. The maximum Gasteiger partial charge on any atom is 0.243 e. The topological polar surface area (TPSA) is 73.2 Å². The molecule has 1 fully saturated rings. The first kappa shape index (κ1) is 20.7. The summed E-state index contributed by atoms with van der Waals surface area (Å²) in [6, 6.07) is 13.6. The lowest BCUT2D eigenvalue weighted by Gasteiger charge is -2.35. The van der Waals surface area contributed by atoms with Gasteiger partial charge in [-0.05, 0) is 48.4 Å². The van der Waals surface area contributed by atoms with Crippen LogP contribution in [0.25, 0.3) is 0 Å². The van der Waals surface area contributed by atoms with Crippen LogP contribution in [0, 0.1) is 18.3 Å². The Balaban J connectivity index is 0.00000243. The molecule has 1 saturated heterocycles. The van der Waals surface area contributed by atoms with Gasteiger partial charge in [-0.15, -0.1) is 12.4 Å². The van der Waals surface area contributed by atoms with E-state index in [0.717, 1.165) is 5.56 Å². The Hall–Kier alpha value is -1.62. The molecular formula is C18H19Cl2N3O2S. The first-order chi connectivity index (χ1) is 11.9. The lowest BCUT2D eigenvalue weighted by Crippen LogP contribution is -2.48. The minimum Gasteiger partial charge on any atom is -0.313 e. The minimum atomic E-state index is -3.69. The van der Waals surface area contributed by atoms with Crippen LogP contribution in [0.1, 0.15) is 22.7 Å². The molecule has 5 nitrogen and oxygen atoms in total. The number of sulfonamides is 1. The summed E-state index contributed by atoms with van der Waals surface area (Å²) in [6.07, 6.45) is 0. The summed E-state index contributed by atoms with van der Waals surface area (Å²) in [5.41, 5.74) is 1.88. The van der Waals surface area contributed by atoms with E-state index in [0.29, 0.717) is 35.8 Å². The highest BCUT2D eigenvalue weighted by molar-refractivity contribution is 7.89. The zero-order valence-corrected chi connectivity index (χ0v) is 16.5. The molecule has 8 heteroatoms. The predicted molar refractivity (Wildman–Crippen MR) is 104 cm³/mol. The van der Waals surface area contributed by atoms with E-state index in [4.69, 9.17) is 16.9 Å². The second-order valence-corrected chi connectivity index (χ2v) is 8.28. The summed E-state index contributed by atoms with van der Waals surface area (Å²) >= 11 is 6.08. The van der Waals surface area contributed by atoms with Crippen molar-refractivity contribution in [3.63, 3.8) is 0 Å². The molecule has 0 aromatic heterocycles. The number of piperazine rings is 1. The predicted octanol–water partition coefficient (Wildman–Crippen LogP) is 3.28. The first-order valence-corrected chi connectivity index (χ1v) is 9.74. The monoisotopic (exact) mass is 411 g/mol. The molecule has 1 aliphatic heterocycles. The molecule has 0 amide bonds. The van der Waals surface area contributed by atoms with Crippen molar-refractivity contribution in [2.75, 3.05) is 19.6 Å². The van der Waals surface area contributed by atoms with Crippen molar-refractivity contribution >= 4 is 34.0 Å². The number of nitriles is 1. The van der Waals surface area contributed by atoms with Crippen molar-refractivity contribution in [2.24, 2.45) is 0 Å². The minimum absolute atomic E-state index is 0. The number of nitrogens with zero attached hydrogens (tertiary/aromatic N) is 2. The van der Waals surface area contributed by atoms with E-state index in [1.165, 1.54) is 16.4 Å². The van der Waals surface area contributed by atoms with Crippen LogP contribution in [-0.4, -0.2) is 32.4 Å². The number of hydrogen-bond donors (Lipinski definition) is 1. The van der Waals surface area contributed by atoms with E-state index in [1.807, 2.05) is 18.2 Å². The molecule has 1 unspecified atom stereocenters. The number of halogens is 2. The van der Waals surface area contributed by atoms with E-state index < -0.39 is 10.0 Å². The molecule has 0 aliphatic carbocycles. The molecule has 26 heavy (non-hydrogen) atoms. The van der Waals surface area contributed by atoms with Crippen LogP contribution in [0.2, 0.25) is 5.02 Å². The van der Waals surface area contributed by atoms with Gasteiger partial charge < -0.3 is 5.32 Å². The Morgan fingerprint density at radius 3 is 2.69 bits per heavy atom. The highest BCUT2D eigenvalue weighted by atomic mass is 35.5. The maximum atomic E-state index is 13.3. The molecule has 1 aliphatic rings. The van der Waals surface area contributed by atoms with Gasteiger partial charge >= 0.3 is 0 Å². The second kappa shape index (κ2) is 8.38. The van der Waals surface area contributed by atoms with Crippen molar-refractivity contribution in [1.82, 2.24) is 9.62 Å². The van der Waals surface area contributed by atoms with Gasteiger partial charge in [0.05, 0.1) is 22.6 Å². The summed E-state index contributed by atoms with van der Waals surface area (Å²) in [4.78, 5) is 0.237. The molecule has 0 radical (unpaired) electrons. The van der Waals surface area contributed by atoms with E-state index in [9.17, 15) is 8.42 Å². The van der Waals surface area contributed by atoms with Gasteiger partial charge in [-0.1, -0.05) is 23.7 Å². The third-order valence-corrected chi connectivity index (χ3v) is 6.62. The fourth-order valence-corrected chi connectivity index (χ4v) is 5.13. The molecule has 1 N–H and O–H groups in total. The number of benzene rings is 2. The molecule has 3 rings (SSSR count). The summed E-state index contributed by atoms with van der Waals surface area (Å²) in [5.74, 6) is 0. The third kappa shape index (κ3) is 4.03. The maximum absolute atomic E-state index is 13.3. The molecule has 0 bridgehead atoms. The Morgan fingerprint density at radius 1 is 1.27 bits per heavy atom. The zero-order chi connectivity index (χ0) is 18.0. The van der Waals surface area contributed by atoms with Gasteiger partial charge in [0.25, 0.3) is 0 Å². The Labute approximate surface area is 165 Å². The van der Waals surface area contributed by atoms with Crippen molar-refractivity contribution in [3.05, 3.63) is 64.2 Å². The van der Waals surface area contributed by atoms with Crippen molar-refractivity contribution in [1.29, 1.82) is 5.26 Å². The smallest absolute Gasteiger partial charge is 0.243 e. The number of hydrogen-bond acceptors (Lipinski definition) is 4. The fourth-order valence-electron chi connectivity index (χ4n) is 3.11. The average molecular weight is 412 g/mol. The molecule has 2 aromatic rings. The van der Waals surface area contributed by atoms with Crippen molar-refractivity contribution < 1.29 is 8.42 Å². The molecule has 138 valence electrons. The van der Waals surface area contributed by atoms with Gasteiger partial charge in [-0.3, -0.25) is 0 Å². The molecule has 0 spiro atoms. The number of rotatable bonds is 3. The normalized spacial score (nSPS) is 18.0. The van der Waals surface area contributed by atoms with Crippen LogP contribution < -0.4 is 5.32 Å². The lowest BCUT2D eigenvalue weighted by atomic mass is 10.1. The molecular weight excluding hydrogens is 393 g/mol. The van der Waals surface area contributed by atoms with Gasteiger partial charge in [0, 0.05) is 24.7 Å². The van der Waals surface area contributed by atoms with Crippen LogP contribution >= 0.6 is 24.0 Å². The molecule has 1 heterocycles. The quantitative estimate of drug-likeness (QED) is 0.840. The van der Waals surface area contributed by atoms with Crippen molar-refractivity contribution in [3.8, 4) is 6.07 Å². The third-order valence-electron chi connectivity index (χ3n) is 4.32. The van der Waals surface area contributed by atoms with E-state index >= 15 is 0 Å². The van der Waals surface area contributed by atoms with Gasteiger partial charge in [0.15, 0.2) is 0 Å². The van der Waals surface area contributed by atoms with E-state index in [2.05, 4.69) is 5.32 Å². The van der Waals surface area contributed by atoms with Crippen molar-refractivity contribution in [2.45, 2.75) is 17.9 Å². The van der Waals surface area contributed by atoms with Gasteiger partial charge in [0.2, 0.25) is 10.0 Å². The highest BCUT2D eigenvalue weighted by Crippen LogP contribution is 2.31. The Kier molecular flexibility index (Phi) is 6.67. The molecule has 0 saturated carbocycles. The standard InChI is InChI=1S/C18H18ClN3O2S.ClH/c1-13-9-14(11-20)5-6-18(13)25(23,24)22-8-7-21-12-17(22)15-3-2-4-16(19)10-15;/h2-6,9-10,17,21H,7-8,12H2,1H3;1H. The molecule has 1 atom stereocenters. The Bertz CT molecular complexity index is 942. The number of aryl methyl sites for hydroxylation is 1. The fraction of sp³-hybridized carbons (Fsp3) is 0.278. The summed E-state index contributed by atoms with van der Waals surface area (Å²) < 4.78 is 28.0. The molecule has 2 aromatic carbocycles. The van der Waals surface area contributed by atoms with E-state index in [-0.39, 0.29) is 23.3 Å². The van der Waals surface area contributed by atoms with Crippen LogP contribution in [0.15, 0.2) is 47.4 Å². The van der Waals surface area contributed by atoms with Crippen LogP contribution in [0.4, 0.5) is 0 Å². The van der Waals surface area contributed by atoms with Gasteiger partial charge in [0.1, 0.15) is 0 Å². The first-order valence-electron chi connectivity index (χ1n) is 7.92. The highest BCUT2D eigenvalue weighted by Gasteiger charge is 2.35. The summed E-state index contributed by atoms with van der Waals surface area (Å²) in [5, 5.41) is 12.8. The SMILES string of the molecule is Cc1cc(C#N)ccc1S(=O)(=O)N1CCNCC1c1cccc(Cl)c1.Cl. The van der Waals surface area contributed by atoms with Gasteiger partial charge in [-0.25, -0.2) is 8.42 Å². The Morgan fingerprint density at radius 2 is 2.04 bits per heavy atom. The van der Waals surface area contributed by atoms with Crippen LogP contribution in [0.3, 0.4) is 0 Å². The van der Waals surface area contributed by atoms with Crippen LogP contribution in [0.5, 0.6) is 0 Å². The zero-order valence-electron chi connectivity index (χ0n) is 14.1. The van der Waals surface area contributed by atoms with Gasteiger partial charge in [-0.2, -0.15) is 9.57 Å². The average Bonchev–Trinajstić information content (AvgIpc) is 2.61. The second-order valence-electron chi connectivity index (χ2n) is 5.98. The summed E-state index contributed by atoms with van der Waals surface area (Å²) in [6.45, 7) is 3.20. The van der Waals surface area contributed by atoms with Crippen LogP contribution in [-0.2, 0) is 10.0 Å².